The van der Waals surface area contributed by atoms with Gasteiger partial charge in [-0.3, -0.25) is 0 Å². The Morgan fingerprint density at radius 2 is 1.53 bits per heavy atom. The molecule has 5 rings (SSSR count). The van der Waals surface area contributed by atoms with Crippen LogP contribution in [0.25, 0.3) is 49.2 Å². The highest BCUT2D eigenvalue weighted by atomic mass is 16.3. The molecule has 5 aromatic rings. The van der Waals surface area contributed by atoms with Crippen molar-refractivity contribution in [2.45, 2.75) is 48.0 Å². The van der Waals surface area contributed by atoms with E-state index in [1.54, 1.807) is 0 Å². The molecule has 2 aromatic heterocycles. The second-order valence-electron chi connectivity index (χ2n) is 10.4. The monoisotopic (exact) mass is 473 g/mol. The molecule has 0 radical (unpaired) electrons. The minimum absolute atomic E-state index is 0.602. The predicted molar refractivity (Wildman–Crippen MR) is 150 cm³/mol. The molecule has 0 fully saturated rings. The van der Waals surface area contributed by atoms with E-state index in [2.05, 4.69) is 87.5 Å². The molecule has 3 heteroatoms. The highest BCUT2D eigenvalue weighted by Crippen LogP contribution is 2.46. The number of rotatable bonds is 4. The van der Waals surface area contributed by atoms with Gasteiger partial charge in [0.1, 0.15) is 18.2 Å². The molecular weight excluding hydrogens is 440 g/mol. The van der Waals surface area contributed by atoms with Crippen LogP contribution in [-0.4, -0.2) is 0 Å². The van der Waals surface area contributed by atoms with E-state index in [4.69, 9.17) is 11.0 Å². The van der Waals surface area contributed by atoms with Gasteiger partial charge in [0.25, 0.3) is 0 Å². The summed E-state index contributed by atoms with van der Waals surface area (Å²) < 4.78 is 9.09. The minimum atomic E-state index is 0.602. The molecule has 0 aliphatic rings. The lowest BCUT2D eigenvalue weighted by Crippen LogP contribution is -2.37. The van der Waals surface area contributed by atoms with Crippen molar-refractivity contribution in [3.8, 4) is 22.4 Å². The maximum atomic E-state index is 7.92. The van der Waals surface area contributed by atoms with Gasteiger partial charge < -0.3 is 4.42 Å². The lowest BCUT2D eigenvalue weighted by Gasteiger charge is -2.14. The molecule has 0 spiro atoms. The second kappa shape index (κ2) is 8.95. The molecule has 0 atom stereocenters. The fourth-order valence-electron chi connectivity index (χ4n) is 5.55. The van der Waals surface area contributed by atoms with Gasteiger partial charge in [0.05, 0.1) is 12.1 Å². The number of nitrogens with zero attached hydrogens (tertiary/aromatic N) is 2. The molecule has 0 saturated heterocycles. The number of pyridine rings is 1. The van der Waals surface area contributed by atoms with Crippen LogP contribution >= 0.6 is 0 Å². The van der Waals surface area contributed by atoms with Crippen molar-refractivity contribution < 1.29 is 8.98 Å². The van der Waals surface area contributed by atoms with Crippen LogP contribution in [0.1, 0.15) is 41.8 Å². The molecule has 0 bridgehead atoms. The van der Waals surface area contributed by atoms with Crippen molar-refractivity contribution in [1.82, 2.24) is 0 Å². The first-order chi connectivity index (χ1) is 17.2. The Morgan fingerprint density at radius 3 is 2.19 bits per heavy atom. The minimum Gasteiger partial charge on any atom is -0.456 e. The average Bonchev–Trinajstić information content (AvgIpc) is 3.21. The van der Waals surface area contributed by atoms with Crippen LogP contribution < -0.4 is 4.57 Å². The van der Waals surface area contributed by atoms with Crippen molar-refractivity contribution in [2.24, 2.45) is 13.0 Å². The van der Waals surface area contributed by atoms with Gasteiger partial charge in [-0.15, -0.1) is 0 Å². The predicted octanol–water partition coefficient (Wildman–Crippen LogP) is 8.73. The van der Waals surface area contributed by atoms with Crippen molar-refractivity contribution in [1.29, 1.82) is 0 Å². The van der Waals surface area contributed by atoms with Crippen molar-refractivity contribution in [3.05, 3.63) is 94.0 Å². The van der Waals surface area contributed by atoms with E-state index in [9.17, 15) is 0 Å². The number of hydrogen-bond acceptors (Lipinski definition) is 1. The summed E-state index contributed by atoms with van der Waals surface area (Å²) in [4.78, 5) is 3.92. The average molecular weight is 474 g/mol. The normalized spacial score (nSPS) is 11.5. The summed E-state index contributed by atoms with van der Waals surface area (Å²) in [5.74, 6) is 0.602. The SMILES string of the molecule is [C-]#[N+]c1c(C)cc2c(oc3c(-c4cc(C)c(CC(C)C)c(C)[n+]4C)c(C)ccc32)c1-c1ccccc1. The van der Waals surface area contributed by atoms with Crippen LogP contribution in [0.4, 0.5) is 5.69 Å². The third kappa shape index (κ3) is 3.69. The first-order valence-electron chi connectivity index (χ1n) is 12.6. The van der Waals surface area contributed by atoms with Gasteiger partial charge >= 0.3 is 0 Å². The second-order valence-corrected chi connectivity index (χ2v) is 10.4. The lowest BCUT2D eigenvalue weighted by molar-refractivity contribution is -0.667. The number of benzene rings is 3. The summed E-state index contributed by atoms with van der Waals surface area (Å²) in [5, 5.41) is 2.14. The molecule has 2 heterocycles. The molecule has 36 heavy (non-hydrogen) atoms. The third-order valence-electron chi connectivity index (χ3n) is 7.48. The molecule has 0 N–H and O–H groups in total. The molecular formula is C33H33N2O+. The fraction of sp³-hybridized carbons (Fsp3) is 0.273. The van der Waals surface area contributed by atoms with Crippen LogP contribution in [0.15, 0.2) is 59.0 Å². The molecule has 0 aliphatic heterocycles. The first-order valence-corrected chi connectivity index (χ1v) is 12.6. The summed E-state index contributed by atoms with van der Waals surface area (Å²) >= 11 is 0. The van der Waals surface area contributed by atoms with Crippen molar-refractivity contribution in [2.75, 3.05) is 0 Å². The quantitative estimate of drug-likeness (QED) is 0.189. The van der Waals surface area contributed by atoms with Crippen LogP contribution in [-0.2, 0) is 13.5 Å². The van der Waals surface area contributed by atoms with Crippen LogP contribution in [0.2, 0.25) is 0 Å². The largest absolute Gasteiger partial charge is 0.456 e. The Morgan fingerprint density at radius 1 is 0.833 bits per heavy atom. The van der Waals surface area contributed by atoms with Gasteiger partial charge in [0.2, 0.25) is 11.4 Å². The number of aromatic nitrogens is 1. The van der Waals surface area contributed by atoms with Crippen LogP contribution in [0.3, 0.4) is 0 Å². The molecule has 3 nitrogen and oxygen atoms in total. The van der Waals surface area contributed by atoms with E-state index in [0.717, 1.165) is 56.3 Å². The number of hydrogen-bond donors (Lipinski definition) is 0. The van der Waals surface area contributed by atoms with Crippen LogP contribution in [0.5, 0.6) is 0 Å². The van der Waals surface area contributed by atoms with Gasteiger partial charge in [0.15, 0.2) is 5.69 Å². The van der Waals surface area contributed by atoms with E-state index in [-0.39, 0.29) is 0 Å². The zero-order chi connectivity index (χ0) is 25.7. The maximum absolute atomic E-state index is 7.92. The fourth-order valence-corrected chi connectivity index (χ4v) is 5.55. The molecule has 0 unspecified atom stereocenters. The van der Waals surface area contributed by atoms with Crippen molar-refractivity contribution >= 4 is 27.6 Å². The molecule has 0 amide bonds. The Kier molecular flexibility index (Phi) is 5.92. The number of aryl methyl sites for hydroxylation is 3. The summed E-state index contributed by atoms with van der Waals surface area (Å²) in [5.41, 5.74) is 12.7. The van der Waals surface area contributed by atoms with E-state index in [1.807, 2.05) is 25.1 Å². The smallest absolute Gasteiger partial charge is 0.216 e. The summed E-state index contributed by atoms with van der Waals surface area (Å²) in [6.07, 6.45) is 1.07. The zero-order valence-electron chi connectivity index (χ0n) is 22.3. The number of furan rings is 1. The van der Waals surface area contributed by atoms with E-state index >= 15 is 0 Å². The highest BCUT2D eigenvalue weighted by molar-refractivity contribution is 6.15. The maximum Gasteiger partial charge on any atom is 0.216 e. The van der Waals surface area contributed by atoms with Crippen LogP contribution in [0, 0.1) is 40.2 Å². The first kappa shape index (κ1) is 23.8. The molecule has 3 aromatic carbocycles. The Labute approximate surface area is 213 Å². The van der Waals surface area contributed by atoms with Crippen molar-refractivity contribution in [3.63, 3.8) is 0 Å². The molecule has 180 valence electrons. The summed E-state index contributed by atoms with van der Waals surface area (Å²) in [7, 11) is 2.16. The zero-order valence-corrected chi connectivity index (χ0v) is 22.3. The van der Waals surface area contributed by atoms with E-state index in [0.29, 0.717) is 11.6 Å². The van der Waals surface area contributed by atoms with Gasteiger partial charge in [-0.2, -0.15) is 4.57 Å². The topological polar surface area (TPSA) is 21.4 Å². The standard InChI is InChI=1S/C33H33N2O/c1-19(2)16-26-21(4)18-28(35(8)23(26)6)29-20(3)14-15-25-27-17-22(5)31(34-7)30(33(27)36-32(25)29)24-12-10-9-11-13-24/h9-15,17-19H,16H2,1-6,8H3/q+1. The summed E-state index contributed by atoms with van der Waals surface area (Å²) in [6, 6.07) is 18.9. The van der Waals surface area contributed by atoms with E-state index < -0.39 is 0 Å². The van der Waals surface area contributed by atoms with Gasteiger partial charge in [-0.1, -0.05) is 62.4 Å². The Bertz CT molecular complexity index is 1680. The molecule has 0 saturated carbocycles. The molecule has 0 aliphatic carbocycles. The van der Waals surface area contributed by atoms with Gasteiger partial charge in [-0.25, -0.2) is 4.85 Å². The summed E-state index contributed by atoms with van der Waals surface area (Å²) in [6.45, 7) is 21.1. The van der Waals surface area contributed by atoms with E-state index in [1.165, 1.54) is 22.4 Å². The van der Waals surface area contributed by atoms with Gasteiger partial charge in [0, 0.05) is 34.9 Å². The van der Waals surface area contributed by atoms with Gasteiger partial charge in [-0.05, 0) is 55.4 Å². The lowest BCUT2D eigenvalue weighted by atomic mass is 9.93. The Hall–Kier alpha value is -3.90. The number of fused-ring (bicyclic) bond motifs is 3. The highest BCUT2D eigenvalue weighted by Gasteiger charge is 2.26. The third-order valence-corrected chi connectivity index (χ3v) is 7.48. The Balaban J connectivity index is 1.88.